The maximum absolute atomic E-state index is 12.7. The Kier molecular flexibility index (Phi) is 5.75. The number of aryl methyl sites for hydroxylation is 1. The van der Waals surface area contributed by atoms with Crippen molar-refractivity contribution in [2.75, 3.05) is 6.54 Å². The van der Waals surface area contributed by atoms with Crippen LogP contribution in [0.25, 0.3) is 5.69 Å². The third-order valence-corrected chi connectivity index (χ3v) is 4.89. The molecule has 1 aromatic carbocycles. The fraction of sp³-hybridized carbons (Fsp3) is 0.304. The van der Waals surface area contributed by atoms with E-state index in [-0.39, 0.29) is 5.91 Å². The van der Waals surface area contributed by atoms with Crippen LogP contribution >= 0.6 is 0 Å². The SMILES string of the molecule is Cc1cc(C(=O)NCCc2cccnc2)c(C)n1-c1cccc(C(C)C)c1. The van der Waals surface area contributed by atoms with Gasteiger partial charge in [-0.3, -0.25) is 9.78 Å². The van der Waals surface area contributed by atoms with Gasteiger partial charge in [0.05, 0.1) is 5.56 Å². The van der Waals surface area contributed by atoms with Crippen molar-refractivity contribution in [1.29, 1.82) is 0 Å². The fourth-order valence-corrected chi connectivity index (χ4v) is 3.37. The summed E-state index contributed by atoms with van der Waals surface area (Å²) >= 11 is 0. The second-order valence-electron chi connectivity index (χ2n) is 7.24. The van der Waals surface area contributed by atoms with Gasteiger partial charge in [-0.2, -0.15) is 0 Å². The van der Waals surface area contributed by atoms with Gasteiger partial charge in [-0.15, -0.1) is 0 Å². The van der Waals surface area contributed by atoms with E-state index in [4.69, 9.17) is 0 Å². The van der Waals surface area contributed by atoms with E-state index in [1.165, 1.54) is 5.56 Å². The van der Waals surface area contributed by atoms with E-state index in [2.05, 4.69) is 53.0 Å². The van der Waals surface area contributed by atoms with Crippen LogP contribution in [0.5, 0.6) is 0 Å². The van der Waals surface area contributed by atoms with Gasteiger partial charge in [0.1, 0.15) is 0 Å². The molecule has 27 heavy (non-hydrogen) atoms. The van der Waals surface area contributed by atoms with Crippen LogP contribution < -0.4 is 5.32 Å². The standard InChI is InChI=1S/C23H27N3O/c1-16(2)20-8-5-9-21(14-20)26-17(3)13-22(18(26)4)23(27)25-12-10-19-7-6-11-24-15-19/h5-9,11,13-16H,10,12H2,1-4H3,(H,25,27). The van der Waals surface area contributed by atoms with E-state index < -0.39 is 0 Å². The Morgan fingerprint density at radius 2 is 1.96 bits per heavy atom. The Hall–Kier alpha value is -2.88. The predicted molar refractivity (Wildman–Crippen MR) is 110 cm³/mol. The van der Waals surface area contributed by atoms with Crippen molar-refractivity contribution in [2.45, 2.75) is 40.0 Å². The molecule has 1 amide bonds. The number of amides is 1. The van der Waals surface area contributed by atoms with Gasteiger partial charge < -0.3 is 9.88 Å². The van der Waals surface area contributed by atoms with E-state index >= 15 is 0 Å². The van der Waals surface area contributed by atoms with Gasteiger partial charge in [-0.1, -0.05) is 32.0 Å². The maximum atomic E-state index is 12.7. The van der Waals surface area contributed by atoms with Crippen molar-refractivity contribution in [3.8, 4) is 5.69 Å². The first kappa shape index (κ1) is 18.9. The molecule has 0 spiro atoms. The highest BCUT2D eigenvalue weighted by molar-refractivity contribution is 5.95. The van der Waals surface area contributed by atoms with Gasteiger partial charge in [0.25, 0.3) is 5.91 Å². The molecule has 0 bridgehead atoms. The number of carbonyl (C=O) groups is 1. The van der Waals surface area contributed by atoms with Crippen LogP contribution in [0.3, 0.4) is 0 Å². The number of hydrogen-bond donors (Lipinski definition) is 1. The summed E-state index contributed by atoms with van der Waals surface area (Å²) in [5.74, 6) is 0.439. The molecule has 4 heteroatoms. The van der Waals surface area contributed by atoms with Gasteiger partial charge in [0.2, 0.25) is 0 Å². The number of carbonyl (C=O) groups excluding carboxylic acids is 1. The molecule has 2 heterocycles. The maximum Gasteiger partial charge on any atom is 0.253 e. The smallest absolute Gasteiger partial charge is 0.253 e. The number of pyridine rings is 1. The van der Waals surface area contributed by atoms with E-state index in [0.29, 0.717) is 12.5 Å². The summed E-state index contributed by atoms with van der Waals surface area (Å²) in [7, 11) is 0. The van der Waals surface area contributed by atoms with E-state index in [0.717, 1.165) is 34.6 Å². The summed E-state index contributed by atoms with van der Waals surface area (Å²) in [4.78, 5) is 16.8. The highest BCUT2D eigenvalue weighted by atomic mass is 16.1. The minimum atomic E-state index is -0.0294. The molecule has 0 atom stereocenters. The van der Waals surface area contributed by atoms with Crippen molar-refractivity contribution in [3.63, 3.8) is 0 Å². The first-order valence-electron chi connectivity index (χ1n) is 9.43. The summed E-state index contributed by atoms with van der Waals surface area (Å²) in [6, 6.07) is 14.4. The Balaban J connectivity index is 1.77. The van der Waals surface area contributed by atoms with Gasteiger partial charge in [0, 0.05) is 36.0 Å². The van der Waals surface area contributed by atoms with Gasteiger partial charge in [-0.25, -0.2) is 0 Å². The monoisotopic (exact) mass is 361 g/mol. The lowest BCUT2D eigenvalue weighted by Gasteiger charge is -2.13. The van der Waals surface area contributed by atoms with Crippen LogP contribution in [0.1, 0.15) is 52.6 Å². The van der Waals surface area contributed by atoms with Crippen LogP contribution in [-0.2, 0) is 6.42 Å². The molecule has 0 radical (unpaired) electrons. The molecule has 4 nitrogen and oxygen atoms in total. The Morgan fingerprint density at radius 3 is 2.67 bits per heavy atom. The number of rotatable bonds is 6. The van der Waals surface area contributed by atoms with Crippen LogP contribution in [0.15, 0.2) is 54.9 Å². The highest BCUT2D eigenvalue weighted by Gasteiger charge is 2.16. The minimum Gasteiger partial charge on any atom is -0.352 e. The fourth-order valence-electron chi connectivity index (χ4n) is 3.37. The normalized spacial score (nSPS) is 11.0. The van der Waals surface area contributed by atoms with Crippen LogP contribution in [0.4, 0.5) is 0 Å². The predicted octanol–water partition coefficient (Wildman–Crippen LogP) is 4.59. The Bertz CT molecular complexity index is 926. The van der Waals surface area contributed by atoms with Crippen molar-refractivity contribution < 1.29 is 4.79 Å². The summed E-state index contributed by atoms with van der Waals surface area (Å²) in [5, 5.41) is 3.03. The molecule has 0 saturated heterocycles. The van der Waals surface area contributed by atoms with Crippen LogP contribution in [-0.4, -0.2) is 22.0 Å². The van der Waals surface area contributed by atoms with Crippen LogP contribution in [0, 0.1) is 13.8 Å². The second kappa shape index (κ2) is 8.21. The molecule has 2 aromatic heterocycles. The molecule has 0 aliphatic rings. The molecule has 0 unspecified atom stereocenters. The van der Waals surface area contributed by atoms with Gasteiger partial charge in [-0.05, 0) is 61.6 Å². The number of nitrogens with one attached hydrogen (secondary N) is 1. The lowest BCUT2D eigenvalue weighted by Crippen LogP contribution is -2.26. The zero-order valence-electron chi connectivity index (χ0n) is 16.5. The quantitative estimate of drug-likeness (QED) is 0.698. The molecule has 3 rings (SSSR count). The molecule has 3 aromatic rings. The molecule has 1 N–H and O–H groups in total. The molecular formula is C23H27N3O. The number of hydrogen-bond acceptors (Lipinski definition) is 2. The molecule has 0 aliphatic carbocycles. The lowest BCUT2D eigenvalue weighted by atomic mass is 10.0. The third-order valence-electron chi connectivity index (χ3n) is 4.89. The highest BCUT2D eigenvalue weighted by Crippen LogP contribution is 2.24. The van der Waals surface area contributed by atoms with Crippen molar-refractivity contribution in [2.24, 2.45) is 0 Å². The second-order valence-corrected chi connectivity index (χ2v) is 7.24. The molecule has 140 valence electrons. The topological polar surface area (TPSA) is 46.9 Å². The summed E-state index contributed by atoms with van der Waals surface area (Å²) in [6.07, 6.45) is 4.36. The van der Waals surface area contributed by atoms with Crippen molar-refractivity contribution in [1.82, 2.24) is 14.9 Å². The summed E-state index contributed by atoms with van der Waals surface area (Å²) < 4.78 is 2.15. The summed E-state index contributed by atoms with van der Waals surface area (Å²) in [6.45, 7) is 9.02. The van der Waals surface area contributed by atoms with Crippen molar-refractivity contribution >= 4 is 5.91 Å². The lowest BCUT2D eigenvalue weighted by molar-refractivity contribution is 0.0953. The zero-order chi connectivity index (χ0) is 19.4. The molecule has 0 saturated carbocycles. The third kappa shape index (κ3) is 4.27. The Morgan fingerprint density at radius 1 is 1.15 bits per heavy atom. The zero-order valence-corrected chi connectivity index (χ0v) is 16.5. The average Bonchev–Trinajstić information content (AvgIpc) is 2.97. The van der Waals surface area contributed by atoms with Crippen LogP contribution in [0.2, 0.25) is 0 Å². The van der Waals surface area contributed by atoms with Gasteiger partial charge >= 0.3 is 0 Å². The molecule has 0 fully saturated rings. The van der Waals surface area contributed by atoms with E-state index in [1.807, 2.05) is 38.2 Å². The van der Waals surface area contributed by atoms with Gasteiger partial charge in [0.15, 0.2) is 0 Å². The first-order chi connectivity index (χ1) is 13.0. The van der Waals surface area contributed by atoms with Crippen molar-refractivity contribution in [3.05, 3.63) is 82.9 Å². The number of nitrogens with zero attached hydrogens (tertiary/aromatic N) is 2. The average molecular weight is 361 g/mol. The molecular weight excluding hydrogens is 334 g/mol. The van der Waals surface area contributed by atoms with E-state index in [1.54, 1.807) is 6.20 Å². The van der Waals surface area contributed by atoms with E-state index in [9.17, 15) is 4.79 Å². The first-order valence-corrected chi connectivity index (χ1v) is 9.43. The number of aromatic nitrogens is 2. The number of benzene rings is 1. The Labute approximate surface area is 161 Å². The minimum absolute atomic E-state index is 0.0294. The largest absolute Gasteiger partial charge is 0.352 e. The summed E-state index contributed by atoms with van der Waals surface area (Å²) in [5.41, 5.74) is 6.27. The molecule has 0 aliphatic heterocycles.